The van der Waals surface area contributed by atoms with Crippen LogP contribution in [0.5, 0.6) is 0 Å². The number of nitrogens with zero attached hydrogens (tertiary/aromatic N) is 2. The van der Waals surface area contributed by atoms with E-state index in [9.17, 15) is 19.1 Å². The normalized spacial score (nSPS) is 12.0. The fourth-order valence-corrected chi connectivity index (χ4v) is 2.44. The van der Waals surface area contributed by atoms with E-state index in [1.54, 1.807) is 16.8 Å². The molecule has 2 rings (SSSR count). The third-order valence-corrected chi connectivity index (χ3v) is 3.73. The number of benzene rings is 1. The standard InChI is InChI=1S/C17H20FN3O4/c1-3-15-13(16(22)20-14(17(23)24)8-9-25-2)10-19-21(15)12-6-4-11(18)5-7-12/h4-7,10,14H,3,8-9H2,1-2H3,(H,20,22)(H,23,24). The Bertz CT molecular complexity index is 743. The van der Waals surface area contributed by atoms with E-state index >= 15 is 0 Å². The van der Waals surface area contributed by atoms with Gasteiger partial charge in [-0.2, -0.15) is 5.10 Å². The third-order valence-electron chi connectivity index (χ3n) is 3.73. The zero-order chi connectivity index (χ0) is 18.4. The van der Waals surface area contributed by atoms with Crippen molar-refractivity contribution in [2.24, 2.45) is 0 Å². The highest BCUT2D eigenvalue weighted by molar-refractivity contribution is 5.97. The number of aromatic nitrogens is 2. The van der Waals surface area contributed by atoms with E-state index in [1.807, 2.05) is 6.92 Å². The lowest BCUT2D eigenvalue weighted by molar-refractivity contribution is -0.139. The summed E-state index contributed by atoms with van der Waals surface area (Å²) in [5.41, 5.74) is 1.52. The van der Waals surface area contributed by atoms with Crippen LogP contribution < -0.4 is 5.32 Å². The van der Waals surface area contributed by atoms with Crippen molar-refractivity contribution in [2.75, 3.05) is 13.7 Å². The number of rotatable bonds is 8. The maximum Gasteiger partial charge on any atom is 0.326 e. The number of hydrogen-bond acceptors (Lipinski definition) is 4. The molecule has 25 heavy (non-hydrogen) atoms. The van der Waals surface area contributed by atoms with Gasteiger partial charge in [0.1, 0.15) is 11.9 Å². The molecule has 7 nitrogen and oxygen atoms in total. The summed E-state index contributed by atoms with van der Waals surface area (Å²) in [6, 6.07) is 4.68. The molecule has 0 aliphatic rings. The molecule has 0 bridgehead atoms. The fourth-order valence-electron chi connectivity index (χ4n) is 2.44. The number of ether oxygens (including phenoxy) is 1. The predicted octanol–water partition coefficient (Wildman–Crippen LogP) is 1.79. The van der Waals surface area contributed by atoms with Crippen molar-refractivity contribution in [3.8, 4) is 5.69 Å². The second kappa shape index (κ2) is 8.39. The van der Waals surface area contributed by atoms with Crippen molar-refractivity contribution in [3.63, 3.8) is 0 Å². The number of carbonyl (C=O) groups is 2. The second-order valence-electron chi connectivity index (χ2n) is 5.39. The molecule has 0 aliphatic heterocycles. The van der Waals surface area contributed by atoms with Gasteiger partial charge in [-0.05, 0) is 30.7 Å². The van der Waals surface area contributed by atoms with Crippen LogP contribution in [0.4, 0.5) is 4.39 Å². The highest BCUT2D eigenvalue weighted by Gasteiger charge is 2.23. The first-order valence-corrected chi connectivity index (χ1v) is 7.83. The van der Waals surface area contributed by atoms with Crippen LogP contribution in [-0.2, 0) is 16.0 Å². The fraction of sp³-hybridized carbons (Fsp3) is 0.353. The summed E-state index contributed by atoms with van der Waals surface area (Å²) in [5.74, 6) is -2.02. The van der Waals surface area contributed by atoms with E-state index in [0.717, 1.165) is 0 Å². The molecule has 2 N–H and O–H groups in total. The third kappa shape index (κ3) is 4.42. The number of halogens is 1. The van der Waals surface area contributed by atoms with Gasteiger partial charge in [-0.3, -0.25) is 4.79 Å². The van der Waals surface area contributed by atoms with Gasteiger partial charge in [0, 0.05) is 20.1 Å². The Labute approximate surface area is 144 Å². The van der Waals surface area contributed by atoms with Gasteiger partial charge in [-0.1, -0.05) is 6.92 Å². The van der Waals surface area contributed by atoms with Crippen LogP contribution in [0.25, 0.3) is 5.69 Å². The van der Waals surface area contributed by atoms with Gasteiger partial charge in [0.15, 0.2) is 0 Å². The first-order valence-electron chi connectivity index (χ1n) is 7.83. The number of nitrogens with one attached hydrogen (secondary N) is 1. The minimum atomic E-state index is -1.13. The Kier molecular flexibility index (Phi) is 6.24. The lowest BCUT2D eigenvalue weighted by Crippen LogP contribution is -2.41. The van der Waals surface area contributed by atoms with Crippen LogP contribution in [0, 0.1) is 5.82 Å². The van der Waals surface area contributed by atoms with Crippen molar-refractivity contribution >= 4 is 11.9 Å². The van der Waals surface area contributed by atoms with Crippen molar-refractivity contribution in [1.29, 1.82) is 0 Å². The molecule has 1 amide bonds. The molecule has 134 valence electrons. The Hall–Kier alpha value is -2.74. The quantitative estimate of drug-likeness (QED) is 0.758. The molecule has 1 heterocycles. The van der Waals surface area contributed by atoms with Gasteiger partial charge in [-0.15, -0.1) is 0 Å². The SMILES string of the molecule is CCc1c(C(=O)NC(CCOC)C(=O)O)cnn1-c1ccc(F)cc1. The Morgan fingerprint density at radius 3 is 2.60 bits per heavy atom. The minimum absolute atomic E-state index is 0.158. The topological polar surface area (TPSA) is 93.4 Å². The number of carboxylic acid groups (broad SMARTS) is 1. The number of amides is 1. The van der Waals surface area contributed by atoms with Gasteiger partial charge in [0.2, 0.25) is 0 Å². The van der Waals surface area contributed by atoms with E-state index in [4.69, 9.17) is 4.74 Å². The molecule has 0 aliphatic carbocycles. The molecule has 1 atom stereocenters. The Balaban J connectivity index is 2.25. The van der Waals surface area contributed by atoms with E-state index in [2.05, 4.69) is 10.4 Å². The molecular weight excluding hydrogens is 329 g/mol. The molecule has 2 aromatic rings. The number of aliphatic carboxylic acids is 1. The molecule has 1 aromatic heterocycles. The first kappa shape index (κ1) is 18.6. The van der Waals surface area contributed by atoms with Gasteiger partial charge in [-0.25, -0.2) is 13.9 Å². The molecule has 1 unspecified atom stereocenters. The van der Waals surface area contributed by atoms with Crippen molar-refractivity contribution < 1.29 is 23.8 Å². The zero-order valence-electron chi connectivity index (χ0n) is 14.0. The minimum Gasteiger partial charge on any atom is -0.480 e. The van der Waals surface area contributed by atoms with Gasteiger partial charge in [0.05, 0.1) is 23.1 Å². The maximum atomic E-state index is 13.1. The van der Waals surface area contributed by atoms with Crippen LogP contribution in [0.15, 0.2) is 30.5 Å². The van der Waals surface area contributed by atoms with Crippen molar-refractivity contribution in [3.05, 3.63) is 47.5 Å². The summed E-state index contributed by atoms with van der Waals surface area (Å²) in [6.07, 6.45) is 2.04. The summed E-state index contributed by atoms with van der Waals surface area (Å²) in [6.45, 7) is 2.07. The molecule has 8 heteroatoms. The predicted molar refractivity (Wildman–Crippen MR) is 88.3 cm³/mol. The number of hydrogen-bond donors (Lipinski definition) is 2. The molecule has 0 saturated carbocycles. The van der Waals surface area contributed by atoms with E-state index < -0.39 is 17.9 Å². The number of carbonyl (C=O) groups excluding carboxylic acids is 1. The van der Waals surface area contributed by atoms with Crippen LogP contribution in [0.2, 0.25) is 0 Å². The van der Waals surface area contributed by atoms with Crippen LogP contribution in [0.1, 0.15) is 29.4 Å². The highest BCUT2D eigenvalue weighted by Crippen LogP contribution is 2.16. The summed E-state index contributed by atoms with van der Waals surface area (Å²) in [7, 11) is 1.46. The van der Waals surface area contributed by atoms with Gasteiger partial charge in [0.25, 0.3) is 5.91 Å². The molecule has 0 radical (unpaired) electrons. The van der Waals surface area contributed by atoms with E-state index in [-0.39, 0.29) is 24.4 Å². The van der Waals surface area contributed by atoms with E-state index in [0.29, 0.717) is 17.8 Å². The molecule has 0 saturated heterocycles. The molecular formula is C17H20FN3O4. The molecule has 0 spiro atoms. The number of carboxylic acids is 1. The molecule has 1 aromatic carbocycles. The summed E-state index contributed by atoms with van der Waals surface area (Å²) < 4.78 is 19.5. The van der Waals surface area contributed by atoms with Crippen molar-refractivity contribution in [1.82, 2.24) is 15.1 Å². The van der Waals surface area contributed by atoms with Gasteiger partial charge < -0.3 is 15.2 Å². The monoisotopic (exact) mass is 349 g/mol. The lowest BCUT2D eigenvalue weighted by atomic mass is 10.1. The van der Waals surface area contributed by atoms with E-state index in [1.165, 1.54) is 25.4 Å². The Morgan fingerprint density at radius 1 is 1.36 bits per heavy atom. The van der Waals surface area contributed by atoms with Crippen LogP contribution >= 0.6 is 0 Å². The molecule has 0 fully saturated rings. The summed E-state index contributed by atoms with van der Waals surface area (Å²) >= 11 is 0. The van der Waals surface area contributed by atoms with Gasteiger partial charge >= 0.3 is 5.97 Å². The maximum absolute atomic E-state index is 13.1. The smallest absolute Gasteiger partial charge is 0.326 e. The summed E-state index contributed by atoms with van der Waals surface area (Å²) in [5, 5.41) is 15.9. The number of methoxy groups -OCH3 is 1. The zero-order valence-corrected chi connectivity index (χ0v) is 14.0. The average molecular weight is 349 g/mol. The average Bonchev–Trinajstić information content (AvgIpc) is 3.02. The first-order chi connectivity index (χ1) is 12.0. The second-order valence-corrected chi connectivity index (χ2v) is 5.39. The highest BCUT2D eigenvalue weighted by atomic mass is 19.1. The lowest BCUT2D eigenvalue weighted by Gasteiger charge is -2.14. The van der Waals surface area contributed by atoms with Crippen LogP contribution in [-0.4, -0.2) is 46.5 Å². The summed E-state index contributed by atoms with van der Waals surface area (Å²) in [4.78, 5) is 23.7. The van der Waals surface area contributed by atoms with Crippen LogP contribution in [0.3, 0.4) is 0 Å². The van der Waals surface area contributed by atoms with Crippen molar-refractivity contribution in [2.45, 2.75) is 25.8 Å². The Morgan fingerprint density at radius 2 is 2.04 bits per heavy atom. The largest absolute Gasteiger partial charge is 0.480 e.